The van der Waals surface area contributed by atoms with Crippen molar-refractivity contribution in [2.45, 2.75) is 77.9 Å². The normalized spacial score (nSPS) is 18.9. The molecule has 0 saturated heterocycles. The summed E-state index contributed by atoms with van der Waals surface area (Å²) in [7, 11) is 0. The largest absolute Gasteiger partial charge is 0.485 e. The van der Waals surface area contributed by atoms with Crippen molar-refractivity contribution in [3.05, 3.63) is 107 Å². The lowest BCUT2D eigenvalue weighted by atomic mass is 9.87. The number of anilines is 1. The summed E-state index contributed by atoms with van der Waals surface area (Å²) >= 11 is 0. The van der Waals surface area contributed by atoms with Crippen molar-refractivity contribution in [2.24, 2.45) is 0 Å². The van der Waals surface area contributed by atoms with Gasteiger partial charge in [-0.15, -0.1) is 0 Å². The van der Waals surface area contributed by atoms with Crippen LogP contribution in [-0.4, -0.2) is 18.3 Å². The molecular weight excluding hydrogens is 458 g/mol. The van der Waals surface area contributed by atoms with Gasteiger partial charge in [0.15, 0.2) is 0 Å². The molecule has 1 N–H and O–H groups in total. The van der Waals surface area contributed by atoms with Crippen LogP contribution in [0.5, 0.6) is 5.75 Å². The number of benzene rings is 3. The van der Waals surface area contributed by atoms with E-state index in [1.54, 1.807) is 0 Å². The highest BCUT2D eigenvalue weighted by atomic mass is 16.6. The number of rotatable bonds is 9. The van der Waals surface area contributed by atoms with Crippen molar-refractivity contribution in [2.75, 3.05) is 11.9 Å². The van der Waals surface area contributed by atoms with Gasteiger partial charge < -0.3 is 19.5 Å². The maximum Gasteiger partial charge on any atom is 0.132 e. The molecule has 3 aromatic rings. The van der Waals surface area contributed by atoms with Crippen LogP contribution in [-0.2, 0) is 28.0 Å². The van der Waals surface area contributed by atoms with Crippen LogP contribution in [0.25, 0.3) is 0 Å². The molecule has 37 heavy (non-hydrogen) atoms. The van der Waals surface area contributed by atoms with Gasteiger partial charge >= 0.3 is 0 Å². The van der Waals surface area contributed by atoms with Crippen LogP contribution in [0.4, 0.5) is 5.69 Å². The van der Waals surface area contributed by atoms with Gasteiger partial charge in [-0.3, -0.25) is 0 Å². The summed E-state index contributed by atoms with van der Waals surface area (Å²) in [6.07, 6.45) is 3.49. The van der Waals surface area contributed by atoms with Crippen LogP contribution in [0.1, 0.15) is 69.9 Å². The van der Waals surface area contributed by atoms with Crippen LogP contribution in [0.3, 0.4) is 0 Å². The van der Waals surface area contributed by atoms with Gasteiger partial charge in [0.2, 0.25) is 0 Å². The van der Waals surface area contributed by atoms with E-state index in [1.165, 1.54) is 11.1 Å². The molecule has 2 unspecified atom stereocenters. The van der Waals surface area contributed by atoms with E-state index in [0.29, 0.717) is 13.2 Å². The molecule has 1 heterocycles. The standard InChI is InChI=1S/C33H41NO3/c1-7-8-20-35-31-30(36-23-25-12-10-9-11-13-25)28-21-27(18-19-29(28)37-33(31,5)6)34-22-24-14-16-26(17-15-24)32(2,3)4/h7-19,21,30-31,34H,20,22-23H2,1-6H3/b8-7+. The lowest BCUT2D eigenvalue weighted by Crippen LogP contribution is -2.51. The third-order valence-electron chi connectivity index (χ3n) is 6.85. The maximum absolute atomic E-state index is 6.58. The molecule has 1 aliphatic rings. The van der Waals surface area contributed by atoms with Crippen molar-refractivity contribution in [3.8, 4) is 5.75 Å². The number of nitrogens with one attached hydrogen (secondary N) is 1. The van der Waals surface area contributed by atoms with Gasteiger partial charge in [0, 0.05) is 17.8 Å². The average molecular weight is 500 g/mol. The molecule has 0 amide bonds. The van der Waals surface area contributed by atoms with Crippen molar-refractivity contribution in [1.82, 2.24) is 0 Å². The van der Waals surface area contributed by atoms with Gasteiger partial charge in [0.05, 0.1) is 13.2 Å². The molecule has 0 aliphatic carbocycles. The molecule has 4 rings (SSSR count). The van der Waals surface area contributed by atoms with Crippen molar-refractivity contribution in [1.29, 1.82) is 0 Å². The van der Waals surface area contributed by atoms with E-state index >= 15 is 0 Å². The van der Waals surface area contributed by atoms with Crippen LogP contribution in [0.2, 0.25) is 0 Å². The summed E-state index contributed by atoms with van der Waals surface area (Å²) in [6.45, 7) is 14.6. The fourth-order valence-corrected chi connectivity index (χ4v) is 4.65. The molecule has 2 atom stereocenters. The van der Waals surface area contributed by atoms with E-state index in [-0.39, 0.29) is 17.6 Å². The molecule has 4 nitrogen and oxygen atoms in total. The number of fused-ring (bicyclic) bond motifs is 1. The van der Waals surface area contributed by atoms with Gasteiger partial charge in [-0.25, -0.2) is 0 Å². The Balaban J connectivity index is 1.57. The molecule has 196 valence electrons. The Kier molecular flexibility index (Phi) is 8.41. The Morgan fingerprint density at radius 3 is 2.32 bits per heavy atom. The molecule has 0 fully saturated rings. The fraction of sp³-hybridized carbons (Fsp3) is 0.394. The van der Waals surface area contributed by atoms with E-state index in [2.05, 4.69) is 88.5 Å². The molecule has 0 radical (unpaired) electrons. The Hall–Kier alpha value is -3.08. The lowest BCUT2D eigenvalue weighted by Gasteiger charge is -2.44. The van der Waals surface area contributed by atoms with Crippen LogP contribution >= 0.6 is 0 Å². The predicted molar refractivity (Wildman–Crippen MR) is 152 cm³/mol. The SMILES string of the molecule is C/C=C/COC1C(OCc2ccccc2)c2cc(NCc3ccc(C(C)(C)C)cc3)ccc2OC1(C)C. The third kappa shape index (κ3) is 6.82. The second kappa shape index (κ2) is 11.5. The average Bonchev–Trinajstić information content (AvgIpc) is 2.87. The van der Waals surface area contributed by atoms with E-state index < -0.39 is 5.60 Å². The van der Waals surface area contributed by atoms with Crippen molar-refractivity contribution in [3.63, 3.8) is 0 Å². The molecule has 0 aromatic heterocycles. The first kappa shape index (κ1) is 27.0. The zero-order valence-electron chi connectivity index (χ0n) is 23.1. The second-order valence-corrected chi connectivity index (χ2v) is 11.3. The van der Waals surface area contributed by atoms with Gasteiger partial charge in [-0.1, -0.05) is 87.5 Å². The summed E-state index contributed by atoms with van der Waals surface area (Å²) < 4.78 is 19.4. The quantitative estimate of drug-likeness (QED) is 0.303. The van der Waals surface area contributed by atoms with E-state index in [1.807, 2.05) is 43.3 Å². The zero-order valence-corrected chi connectivity index (χ0v) is 23.1. The highest BCUT2D eigenvalue weighted by molar-refractivity contribution is 5.54. The van der Waals surface area contributed by atoms with E-state index in [9.17, 15) is 0 Å². The summed E-state index contributed by atoms with van der Waals surface area (Å²) in [5.41, 5.74) is 5.36. The van der Waals surface area contributed by atoms with Crippen molar-refractivity contribution >= 4 is 5.69 Å². The number of hydrogen-bond donors (Lipinski definition) is 1. The third-order valence-corrected chi connectivity index (χ3v) is 6.85. The summed E-state index contributed by atoms with van der Waals surface area (Å²) in [5.74, 6) is 0.842. The minimum atomic E-state index is -0.542. The Morgan fingerprint density at radius 2 is 1.65 bits per heavy atom. The molecular formula is C33H41NO3. The molecule has 3 aromatic carbocycles. The minimum absolute atomic E-state index is 0.151. The van der Waals surface area contributed by atoms with Crippen molar-refractivity contribution < 1.29 is 14.2 Å². The predicted octanol–water partition coefficient (Wildman–Crippen LogP) is 7.99. The topological polar surface area (TPSA) is 39.7 Å². The number of ether oxygens (including phenoxy) is 3. The van der Waals surface area contributed by atoms with E-state index in [4.69, 9.17) is 14.2 Å². The molecule has 4 heteroatoms. The number of hydrogen-bond acceptors (Lipinski definition) is 4. The zero-order chi connectivity index (χ0) is 26.5. The first-order valence-corrected chi connectivity index (χ1v) is 13.2. The second-order valence-electron chi connectivity index (χ2n) is 11.3. The van der Waals surface area contributed by atoms with Gasteiger partial charge in [-0.05, 0) is 61.1 Å². The maximum atomic E-state index is 6.58. The first-order chi connectivity index (χ1) is 17.7. The Bertz CT molecular complexity index is 1180. The van der Waals surface area contributed by atoms with E-state index in [0.717, 1.165) is 29.1 Å². The molecule has 0 bridgehead atoms. The van der Waals surface area contributed by atoms with Crippen LogP contribution < -0.4 is 10.1 Å². The summed E-state index contributed by atoms with van der Waals surface area (Å²) in [5, 5.41) is 3.59. The fourth-order valence-electron chi connectivity index (χ4n) is 4.65. The molecule has 1 aliphatic heterocycles. The first-order valence-electron chi connectivity index (χ1n) is 13.2. The Morgan fingerprint density at radius 1 is 0.919 bits per heavy atom. The lowest BCUT2D eigenvalue weighted by molar-refractivity contribution is -0.161. The highest BCUT2D eigenvalue weighted by Crippen LogP contribution is 2.44. The molecule has 0 spiro atoms. The van der Waals surface area contributed by atoms with Gasteiger partial charge in [0.1, 0.15) is 23.6 Å². The molecule has 0 saturated carbocycles. The van der Waals surface area contributed by atoms with Gasteiger partial charge in [-0.2, -0.15) is 0 Å². The summed E-state index contributed by atoms with van der Waals surface area (Å²) in [6, 6.07) is 25.4. The highest BCUT2D eigenvalue weighted by Gasteiger charge is 2.45. The monoisotopic (exact) mass is 499 g/mol. The van der Waals surface area contributed by atoms with Crippen LogP contribution in [0.15, 0.2) is 84.9 Å². The number of allylic oxidation sites excluding steroid dienone is 1. The van der Waals surface area contributed by atoms with Gasteiger partial charge in [0.25, 0.3) is 0 Å². The smallest absolute Gasteiger partial charge is 0.132 e. The van der Waals surface area contributed by atoms with Crippen LogP contribution in [0, 0.1) is 0 Å². The minimum Gasteiger partial charge on any atom is -0.485 e. The Labute approximate surface area is 222 Å². The summed E-state index contributed by atoms with van der Waals surface area (Å²) in [4.78, 5) is 0.